The summed E-state index contributed by atoms with van der Waals surface area (Å²) < 4.78 is 0. The lowest BCUT2D eigenvalue weighted by Gasteiger charge is -2.36. The molecule has 1 fully saturated rings. The quantitative estimate of drug-likeness (QED) is 0.645. The van der Waals surface area contributed by atoms with Crippen molar-refractivity contribution in [3.63, 3.8) is 0 Å². The number of rotatable bonds is 3. The molecule has 0 aliphatic carbocycles. The van der Waals surface area contributed by atoms with E-state index >= 15 is 0 Å². The standard InChI is InChI=1S/C9H19N3O/c1-3-11-4-6-12(7-5-11)8(2)9(10)13/h8H,3-7H2,1-2H3,(H2,10,13). The molecule has 4 heteroatoms. The van der Waals surface area contributed by atoms with Crippen LogP contribution in [0.2, 0.25) is 0 Å². The van der Waals surface area contributed by atoms with E-state index in [4.69, 9.17) is 5.73 Å². The highest BCUT2D eigenvalue weighted by Crippen LogP contribution is 2.05. The SMILES string of the molecule is CCN1CCN(C(C)C(N)=O)CC1. The molecule has 1 heterocycles. The maximum absolute atomic E-state index is 10.9. The van der Waals surface area contributed by atoms with Crippen LogP contribution in [0.25, 0.3) is 0 Å². The third-order valence-corrected chi connectivity index (χ3v) is 2.81. The number of primary amides is 1. The van der Waals surface area contributed by atoms with Crippen LogP contribution < -0.4 is 5.73 Å². The number of hydrogen-bond acceptors (Lipinski definition) is 3. The Bertz CT molecular complexity index is 176. The van der Waals surface area contributed by atoms with Gasteiger partial charge in [0.05, 0.1) is 6.04 Å². The van der Waals surface area contributed by atoms with Crippen LogP contribution in [0.3, 0.4) is 0 Å². The maximum Gasteiger partial charge on any atom is 0.234 e. The van der Waals surface area contributed by atoms with E-state index in [9.17, 15) is 4.79 Å². The van der Waals surface area contributed by atoms with Crippen molar-refractivity contribution in [2.24, 2.45) is 5.73 Å². The van der Waals surface area contributed by atoms with Crippen molar-refractivity contribution in [1.82, 2.24) is 9.80 Å². The molecule has 4 nitrogen and oxygen atoms in total. The minimum Gasteiger partial charge on any atom is -0.368 e. The summed E-state index contributed by atoms with van der Waals surface area (Å²) in [4.78, 5) is 15.4. The van der Waals surface area contributed by atoms with Crippen LogP contribution in [-0.2, 0) is 4.79 Å². The Balaban J connectivity index is 2.36. The molecular weight excluding hydrogens is 166 g/mol. The summed E-state index contributed by atoms with van der Waals surface area (Å²) in [7, 11) is 0. The molecule has 0 spiro atoms. The van der Waals surface area contributed by atoms with Gasteiger partial charge in [0.15, 0.2) is 0 Å². The van der Waals surface area contributed by atoms with Crippen molar-refractivity contribution in [1.29, 1.82) is 0 Å². The average Bonchev–Trinajstić information content (AvgIpc) is 2.17. The largest absolute Gasteiger partial charge is 0.368 e. The molecule has 0 aromatic rings. The van der Waals surface area contributed by atoms with E-state index in [2.05, 4.69) is 16.7 Å². The van der Waals surface area contributed by atoms with Crippen LogP contribution in [0.5, 0.6) is 0 Å². The molecule has 1 saturated heterocycles. The van der Waals surface area contributed by atoms with Crippen LogP contribution >= 0.6 is 0 Å². The molecule has 0 aromatic carbocycles. The van der Waals surface area contributed by atoms with Gasteiger partial charge in [-0.05, 0) is 13.5 Å². The van der Waals surface area contributed by atoms with Gasteiger partial charge in [-0.2, -0.15) is 0 Å². The van der Waals surface area contributed by atoms with Crippen LogP contribution in [-0.4, -0.2) is 54.5 Å². The lowest BCUT2D eigenvalue weighted by atomic mass is 10.2. The highest BCUT2D eigenvalue weighted by Gasteiger charge is 2.22. The number of carbonyl (C=O) groups is 1. The van der Waals surface area contributed by atoms with E-state index in [1.54, 1.807) is 0 Å². The van der Waals surface area contributed by atoms with Gasteiger partial charge in [-0.15, -0.1) is 0 Å². The zero-order valence-corrected chi connectivity index (χ0v) is 8.49. The molecule has 1 atom stereocenters. The van der Waals surface area contributed by atoms with E-state index in [0.717, 1.165) is 32.7 Å². The molecular formula is C9H19N3O. The smallest absolute Gasteiger partial charge is 0.234 e. The topological polar surface area (TPSA) is 49.6 Å². The predicted octanol–water partition coefficient (Wildman–Crippen LogP) is -0.502. The molecule has 0 aromatic heterocycles. The molecule has 1 aliphatic heterocycles. The van der Waals surface area contributed by atoms with E-state index in [1.165, 1.54) is 0 Å². The highest BCUT2D eigenvalue weighted by molar-refractivity contribution is 5.79. The van der Waals surface area contributed by atoms with Crippen molar-refractivity contribution in [3.05, 3.63) is 0 Å². The molecule has 0 saturated carbocycles. The Labute approximate surface area is 79.7 Å². The molecule has 1 rings (SSSR count). The van der Waals surface area contributed by atoms with Crippen LogP contribution in [0.1, 0.15) is 13.8 Å². The minimum atomic E-state index is -0.218. The second-order valence-corrected chi connectivity index (χ2v) is 3.55. The van der Waals surface area contributed by atoms with Crippen molar-refractivity contribution in [3.8, 4) is 0 Å². The summed E-state index contributed by atoms with van der Waals surface area (Å²) in [6, 6.07) is -0.112. The van der Waals surface area contributed by atoms with Gasteiger partial charge in [-0.3, -0.25) is 9.69 Å². The van der Waals surface area contributed by atoms with E-state index in [1.807, 2.05) is 6.92 Å². The summed E-state index contributed by atoms with van der Waals surface area (Å²) in [5.41, 5.74) is 5.24. The molecule has 0 bridgehead atoms. The summed E-state index contributed by atoms with van der Waals surface area (Å²) in [6.07, 6.45) is 0. The van der Waals surface area contributed by atoms with Crippen molar-refractivity contribution >= 4 is 5.91 Å². The second kappa shape index (κ2) is 4.58. The predicted molar refractivity (Wildman–Crippen MR) is 52.3 cm³/mol. The summed E-state index contributed by atoms with van der Waals surface area (Å²) >= 11 is 0. The number of likely N-dealkylation sites (N-methyl/N-ethyl adjacent to an activating group) is 1. The number of piperazine rings is 1. The van der Waals surface area contributed by atoms with E-state index in [0.29, 0.717) is 0 Å². The maximum atomic E-state index is 10.9. The molecule has 2 N–H and O–H groups in total. The van der Waals surface area contributed by atoms with Crippen LogP contribution in [0, 0.1) is 0 Å². The lowest BCUT2D eigenvalue weighted by molar-refractivity contribution is -0.123. The molecule has 1 aliphatic rings. The Kier molecular flexibility index (Phi) is 3.69. The first-order valence-corrected chi connectivity index (χ1v) is 4.91. The van der Waals surface area contributed by atoms with Crippen LogP contribution in [0.4, 0.5) is 0 Å². The first kappa shape index (κ1) is 10.5. The molecule has 76 valence electrons. The van der Waals surface area contributed by atoms with Gasteiger partial charge in [0.25, 0.3) is 0 Å². The normalized spacial score (nSPS) is 22.9. The monoisotopic (exact) mass is 185 g/mol. The first-order valence-electron chi connectivity index (χ1n) is 4.91. The number of carbonyl (C=O) groups excluding carboxylic acids is 1. The van der Waals surface area contributed by atoms with Gasteiger partial charge >= 0.3 is 0 Å². The Morgan fingerprint density at radius 3 is 2.31 bits per heavy atom. The summed E-state index contributed by atoms with van der Waals surface area (Å²) in [5.74, 6) is -0.218. The zero-order chi connectivity index (χ0) is 9.84. The summed E-state index contributed by atoms with van der Waals surface area (Å²) in [6.45, 7) is 9.15. The van der Waals surface area contributed by atoms with Crippen molar-refractivity contribution in [2.45, 2.75) is 19.9 Å². The van der Waals surface area contributed by atoms with Gasteiger partial charge in [-0.25, -0.2) is 0 Å². The van der Waals surface area contributed by atoms with Crippen molar-refractivity contribution < 1.29 is 4.79 Å². The number of nitrogens with two attached hydrogens (primary N) is 1. The fourth-order valence-electron chi connectivity index (χ4n) is 1.65. The number of hydrogen-bond donors (Lipinski definition) is 1. The van der Waals surface area contributed by atoms with E-state index < -0.39 is 0 Å². The summed E-state index contributed by atoms with van der Waals surface area (Å²) in [5, 5.41) is 0. The molecule has 13 heavy (non-hydrogen) atoms. The zero-order valence-electron chi connectivity index (χ0n) is 8.49. The van der Waals surface area contributed by atoms with Gasteiger partial charge in [0.2, 0.25) is 5.91 Å². The average molecular weight is 185 g/mol. The first-order chi connectivity index (χ1) is 6.15. The third-order valence-electron chi connectivity index (χ3n) is 2.81. The van der Waals surface area contributed by atoms with Crippen molar-refractivity contribution in [2.75, 3.05) is 32.7 Å². The van der Waals surface area contributed by atoms with Gasteiger partial charge < -0.3 is 10.6 Å². The fourth-order valence-corrected chi connectivity index (χ4v) is 1.65. The fraction of sp³-hybridized carbons (Fsp3) is 0.889. The van der Waals surface area contributed by atoms with Gasteiger partial charge in [-0.1, -0.05) is 6.92 Å². The lowest BCUT2D eigenvalue weighted by Crippen LogP contribution is -2.52. The van der Waals surface area contributed by atoms with Gasteiger partial charge in [0.1, 0.15) is 0 Å². The Morgan fingerprint density at radius 2 is 1.92 bits per heavy atom. The molecule has 1 amide bonds. The number of amides is 1. The third kappa shape index (κ3) is 2.67. The van der Waals surface area contributed by atoms with E-state index in [-0.39, 0.29) is 11.9 Å². The highest BCUT2D eigenvalue weighted by atomic mass is 16.1. The molecule has 0 radical (unpaired) electrons. The molecule has 1 unspecified atom stereocenters. The van der Waals surface area contributed by atoms with Crippen LogP contribution in [0.15, 0.2) is 0 Å². The Morgan fingerprint density at radius 1 is 1.38 bits per heavy atom. The Hall–Kier alpha value is -0.610. The number of nitrogens with zero attached hydrogens (tertiary/aromatic N) is 2. The van der Waals surface area contributed by atoms with Gasteiger partial charge in [0, 0.05) is 26.2 Å². The second-order valence-electron chi connectivity index (χ2n) is 3.55. The minimum absolute atomic E-state index is 0.112.